The molecule has 0 saturated carbocycles. The molecule has 0 atom stereocenters. The van der Waals surface area contributed by atoms with Gasteiger partial charge in [0.2, 0.25) is 0 Å². The third-order valence-corrected chi connectivity index (χ3v) is 4.17. The molecule has 0 unspecified atom stereocenters. The molecule has 0 bridgehead atoms. The van der Waals surface area contributed by atoms with Gasteiger partial charge in [0, 0.05) is 23.7 Å². The van der Waals surface area contributed by atoms with Crippen LogP contribution in [-0.4, -0.2) is 15.0 Å². The topological polar surface area (TPSA) is 38.7 Å². The summed E-state index contributed by atoms with van der Waals surface area (Å²) in [5, 5.41) is 0.990. The molecule has 0 aliphatic rings. The van der Waals surface area contributed by atoms with E-state index in [-0.39, 0.29) is 5.82 Å². The molecule has 25 heavy (non-hydrogen) atoms. The molecule has 2 aromatic carbocycles. The van der Waals surface area contributed by atoms with Crippen molar-refractivity contribution in [3.63, 3.8) is 0 Å². The average molecular weight is 329 g/mol. The third-order valence-electron chi connectivity index (χ3n) is 4.17. The maximum Gasteiger partial charge on any atom is 0.178 e. The zero-order chi connectivity index (χ0) is 17.2. The standard InChI is InChI=1S/C21H16FN3/c1-14-6-4-8-15(20(14)22)12-17-9-5-11-19(24-17)21-23-13-16-7-2-3-10-18(16)25-21/h2-11,13H,12H2,1H3. The second-order valence-electron chi connectivity index (χ2n) is 5.99. The van der Waals surface area contributed by atoms with Gasteiger partial charge in [-0.05, 0) is 36.2 Å². The van der Waals surface area contributed by atoms with Crippen LogP contribution in [0.25, 0.3) is 22.4 Å². The highest BCUT2D eigenvalue weighted by molar-refractivity contribution is 5.79. The van der Waals surface area contributed by atoms with Crippen molar-refractivity contribution in [3.05, 3.63) is 89.5 Å². The number of benzene rings is 2. The molecule has 0 amide bonds. The van der Waals surface area contributed by atoms with E-state index in [0.29, 0.717) is 29.1 Å². The molecule has 4 rings (SSSR count). The number of pyridine rings is 1. The first-order valence-electron chi connectivity index (χ1n) is 8.13. The lowest BCUT2D eigenvalue weighted by Gasteiger charge is -2.07. The molecule has 0 saturated heterocycles. The maximum absolute atomic E-state index is 14.2. The summed E-state index contributed by atoms with van der Waals surface area (Å²) in [6, 6.07) is 18.9. The van der Waals surface area contributed by atoms with E-state index >= 15 is 0 Å². The fraction of sp³-hybridized carbons (Fsp3) is 0.0952. The number of rotatable bonds is 3. The highest BCUT2D eigenvalue weighted by atomic mass is 19.1. The lowest BCUT2D eigenvalue weighted by atomic mass is 10.1. The molecule has 4 aromatic rings. The minimum Gasteiger partial charge on any atom is -0.249 e. The number of nitrogens with zero attached hydrogens (tertiary/aromatic N) is 3. The predicted molar refractivity (Wildman–Crippen MR) is 96.7 cm³/mol. The van der Waals surface area contributed by atoms with Gasteiger partial charge in [0.05, 0.1) is 5.52 Å². The van der Waals surface area contributed by atoms with E-state index in [1.807, 2.05) is 48.5 Å². The maximum atomic E-state index is 14.2. The Morgan fingerprint density at radius 2 is 1.72 bits per heavy atom. The van der Waals surface area contributed by atoms with E-state index in [4.69, 9.17) is 0 Å². The third kappa shape index (κ3) is 3.11. The predicted octanol–water partition coefficient (Wildman–Crippen LogP) is 4.73. The van der Waals surface area contributed by atoms with Gasteiger partial charge < -0.3 is 0 Å². The first kappa shape index (κ1) is 15.4. The summed E-state index contributed by atoms with van der Waals surface area (Å²) < 4.78 is 14.2. The summed E-state index contributed by atoms with van der Waals surface area (Å²) in [5.41, 5.74) is 3.65. The van der Waals surface area contributed by atoms with Gasteiger partial charge in [-0.25, -0.2) is 19.3 Å². The molecule has 0 fully saturated rings. The van der Waals surface area contributed by atoms with Crippen LogP contribution in [0.2, 0.25) is 0 Å². The molecule has 0 N–H and O–H groups in total. The molecule has 0 aliphatic carbocycles. The Balaban J connectivity index is 1.69. The Morgan fingerprint density at radius 1 is 0.880 bits per heavy atom. The average Bonchev–Trinajstić information content (AvgIpc) is 2.65. The van der Waals surface area contributed by atoms with E-state index in [2.05, 4.69) is 15.0 Å². The summed E-state index contributed by atoms with van der Waals surface area (Å²) in [7, 11) is 0. The van der Waals surface area contributed by atoms with Crippen molar-refractivity contribution in [2.45, 2.75) is 13.3 Å². The molecular weight excluding hydrogens is 313 g/mol. The van der Waals surface area contributed by atoms with Crippen LogP contribution in [0.3, 0.4) is 0 Å². The zero-order valence-corrected chi connectivity index (χ0v) is 13.8. The molecule has 0 spiro atoms. The first-order chi connectivity index (χ1) is 12.2. The van der Waals surface area contributed by atoms with Crippen molar-refractivity contribution in [1.29, 1.82) is 0 Å². The van der Waals surface area contributed by atoms with Crippen LogP contribution < -0.4 is 0 Å². The number of hydrogen-bond acceptors (Lipinski definition) is 3. The zero-order valence-electron chi connectivity index (χ0n) is 13.8. The minimum atomic E-state index is -0.170. The van der Waals surface area contributed by atoms with E-state index in [1.54, 1.807) is 25.3 Å². The molecule has 3 nitrogen and oxygen atoms in total. The number of aryl methyl sites for hydroxylation is 1. The Morgan fingerprint density at radius 3 is 2.64 bits per heavy atom. The summed E-state index contributed by atoms with van der Waals surface area (Å²) in [6.07, 6.45) is 2.24. The lowest BCUT2D eigenvalue weighted by Crippen LogP contribution is -1.99. The molecule has 4 heteroatoms. The summed E-state index contributed by atoms with van der Waals surface area (Å²) in [6.45, 7) is 1.77. The van der Waals surface area contributed by atoms with E-state index in [9.17, 15) is 4.39 Å². The second kappa shape index (κ2) is 6.40. The monoisotopic (exact) mass is 329 g/mol. The van der Waals surface area contributed by atoms with Crippen LogP contribution in [0.4, 0.5) is 4.39 Å². The van der Waals surface area contributed by atoms with Gasteiger partial charge in [-0.1, -0.05) is 42.5 Å². The quantitative estimate of drug-likeness (QED) is 0.545. The van der Waals surface area contributed by atoms with Crippen LogP contribution in [0.1, 0.15) is 16.8 Å². The Bertz CT molecular complexity index is 1060. The molecule has 0 radical (unpaired) electrons. The first-order valence-corrected chi connectivity index (χ1v) is 8.13. The van der Waals surface area contributed by atoms with E-state index < -0.39 is 0 Å². The van der Waals surface area contributed by atoms with Gasteiger partial charge in [-0.2, -0.15) is 0 Å². The van der Waals surface area contributed by atoms with Gasteiger partial charge in [-0.15, -0.1) is 0 Å². The number of para-hydroxylation sites is 1. The number of aromatic nitrogens is 3. The molecule has 2 aromatic heterocycles. The van der Waals surface area contributed by atoms with Gasteiger partial charge in [0.25, 0.3) is 0 Å². The van der Waals surface area contributed by atoms with Gasteiger partial charge in [0.1, 0.15) is 11.5 Å². The van der Waals surface area contributed by atoms with Crippen LogP contribution in [0.5, 0.6) is 0 Å². The summed E-state index contributed by atoms with van der Waals surface area (Å²) in [4.78, 5) is 13.6. The highest BCUT2D eigenvalue weighted by Crippen LogP contribution is 2.19. The smallest absolute Gasteiger partial charge is 0.178 e. The van der Waals surface area contributed by atoms with Gasteiger partial charge >= 0.3 is 0 Å². The Hall–Kier alpha value is -3.14. The second-order valence-corrected chi connectivity index (χ2v) is 5.99. The van der Waals surface area contributed by atoms with Crippen molar-refractivity contribution < 1.29 is 4.39 Å². The molecular formula is C21H16FN3. The normalized spacial score (nSPS) is 11.0. The van der Waals surface area contributed by atoms with Crippen molar-refractivity contribution >= 4 is 10.9 Å². The largest absolute Gasteiger partial charge is 0.249 e. The van der Waals surface area contributed by atoms with Crippen molar-refractivity contribution in [3.8, 4) is 11.5 Å². The Kier molecular flexibility index (Phi) is 3.94. The number of fused-ring (bicyclic) bond motifs is 1. The van der Waals surface area contributed by atoms with Crippen LogP contribution in [0, 0.1) is 12.7 Å². The van der Waals surface area contributed by atoms with Crippen molar-refractivity contribution in [2.24, 2.45) is 0 Å². The SMILES string of the molecule is Cc1cccc(Cc2cccc(-c3ncc4ccccc4n3)n2)c1F. The van der Waals surface area contributed by atoms with Gasteiger partial charge in [-0.3, -0.25) is 0 Å². The van der Waals surface area contributed by atoms with Crippen LogP contribution in [0.15, 0.2) is 66.9 Å². The van der Waals surface area contributed by atoms with Crippen molar-refractivity contribution in [1.82, 2.24) is 15.0 Å². The molecule has 2 heterocycles. The number of hydrogen-bond donors (Lipinski definition) is 0. The lowest BCUT2D eigenvalue weighted by molar-refractivity contribution is 0.604. The van der Waals surface area contributed by atoms with Crippen molar-refractivity contribution in [2.75, 3.05) is 0 Å². The molecule has 122 valence electrons. The summed E-state index contributed by atoms with van der Waals surface area (Å²) >= 11 is 0. The molecule has 0 aliphatic heterocycles. The fourth-order valence-corrected chi connectivity index (χ4v) is 2.84. The van der Waals surface area contributed by atoms with E-state index in [0.717, 1.165) is 16.6 Å². The fourth-order valence-electron chi connectivity index (χ4n) is 2.84. The number of halogens is 1. The van der Waals surface area contributed by atoms with E-state index in [1.165, 1.54) is 0 Å². The Labute approximate surface area is 145 Å². The highest BCUT2D eigenvalue weighted by Gasteiger charge is 2.09. The summed E-state index contributed by atoms with van der Waals surface area (Å²) in [5.74, 6) is 0.405. The van der Waals surface area contributed by atoms with Crippen LogP contribution in [-0.2, 0) is 6.42 Å². The van der Waals surface area contributed by atoms with Crippen LogP contribution >= 0.6 is 0 Å². The minimum absolute atomic E-state index is 0.170. The van der Waals surface area contributed by atoms with Gasteiger partial charge in [0.15, 0.2) is 5.82 Å².